The van der Waals surface area contributed by atoms with Crippen molar-refractivity contribution in [3.8, 4) is 0 Å². The summed E-state index contributed by atoms with van der Waals surface area (Å²) in [6, 6.07) is 1.13. The number of ether oxygens (including phenoxy) is 3. The van der Waals surface area contributed by atoms with Crippen LogP contribution >= 0.6 is 0 Å². The normalized spacial score (nSPS) is 14.1. The van der Waals surface area contributed by atoms with Crippen molar-refractivity contribution in [3.63, 3.8) is 0 Å². The van der Waals surface area contributed by atoms with Crippen molar-refractivity contribution in [2.45, 2.75) is 31.7 Å². The molecule has 0 aliphatic heterocycles. The average Bonchev–Trinajstić information content (AvgIpc) is 2.27. The summed E-state index contributed by atoms with van der Waals surface area (Å²) in [5.74, 6) is 0. The molecule has 0 fully saturated rings. The van der Waals surface area contributed by atoms with Gasteiger partial charge in [0.1, 0.15) is 6.10 Å². The summed E-state index contributed by atoms with van der Waals surface area (Å²) >= 11 is 0. The lowest BCUT2D eigenvalue weighted by Crippen LogP contribution is -2.29. The summed E-state index contributed by atoms with van der Waals surface area (Å²) < 4.78 is 21.2. The summed E-state index contributed by atoms with van der Waals surface area (Å²) in [5.41, 5.74) is 0. The minimum absolute atomic E-state index is 0.0395. The molecule has 0 N–H and O–H groups in total. The van der Waals surface area contributed by atoms with Gasteiger partial charge in [0, 0.05) is 27.9 Å². The molecule has 0 saturated carbocycles. The van der Waals surface area contributed by atoms with Crippen LogP contribution in [0, 0.1) is 0 Å². The van der Waals surface area contributed by atoms with Crippen LogP contribution < -0.4 is 0 Å². The van der Waals surface area contributed by atoms with E-state index in [1.54, 1.807) is 21.3 Å². The smallest absolute Gasteiger partial charge is 0.186 e. The van der Waals surface area contributed by atoms with Crippen LogP contribution in [0.5, 0.6) is 0 Å². The maximum atomic E-state index is 5.54. The third-order valence-corrected chi connectivity index (χ3v) is 5.27. The first kappa shape index (κ1) is 16.1. The second kappa shape index (κ2) is 9.12. The summed E-state index contributed by atoms with van der Waals surface area (Å²) in [4.78, 5) is 0. The highest BCUT2D eigenvalue weighted by Crippen LogP contribution is 2.12. The molecular formula is C11H26O4Si. The number of hydrogen-bond acceptors (Lipinski definition) is 4. The fourth-order valence-electron chi connectivity index (χ4n) is 1.29. The third kappa shape index (κ3) is 8.24. The van der Waals surface area contributed by atoms with Crippen molar-refractivity contribution in [3.05, 3.63) is 0 Å². The first-order valence-corrected chi connectivity index (χ1v) is 8.82. The highest BCUT2D eigenvalue weighted by atomic mass is 28.4. The molecule has 0 aliphatic carbocycles. The quantitative estimate of drug-likeness (QED) is 0.438. The highest BCUT2D eigenvalue weighted by Gasteiger charge is 2.19. The summed E-state index contributed by atoms with van der Waals surface area (Å²) in [5, 5.41) is 0. The molecule has 0 heterocycles. The predicted octanol–water partition coefficient (Wildman–Crippen LogP) is 1.91. The van der Waals surface area contributed by atoms with Gasteiger partial charge in [-0.15, -0.1) is 0 Å². The van der Waals surface area contributed by atoms with Crippen LogP contribution in [0.25, 0.3) is 0 Å². The van der Waals surface area contributed by atoms with E-state index in [0.717, 1.165) is 19.1 Å². The molecule has 0 aromatic heterocycles. The van der Waals surface area contributed by atoms with E-state index >= 15 is 0 Å². The SMILES string of the molecule is COCC(COCCC[Si](C)(C)OC)OC. The first-order valence-electron chi connectivity index (χ1n) is 5.70. The van der Waals surface area contributed by atoms with Crippen LogP contribution in [0.3, 0.4) is 0 Å². The van der Waals surface area contributed by atoms with Crippen molar-refractivity contribution in [2.24, 2.45) is 0 Å². The maximum Gasteiger partial charge on any atom is 0.186 e. The minimum atomic E-state index is -1.41. The molecule has 4 nitrogen and oxygen atoms in total. The molecule has 5 heteroatoms. The van der Waals surface area contributed by atoms with Crippen LogP contribution in [0.15, 0.2) is 0 Å². The van der Waals surface area contributed by atoms with E-state index in [9.17, 15) is 0 Å². The van der Waals surface area contributed by atoms with Gasteiger partial charge in [-0.05, 0) is 25.6 Å². The van der Waals surface area contributed by atoms with Gasteiger partial charge in [0.15, 0.2) is 8.32 Å². The van der Waals surface area contributed by atoms with Crippen molar-refractivity contribution in [1.82, 2.24) is 0 Å². The molecule has 0 aromatic rings. The molecule has 1 atom stereocenters. The second-order valence-corrected chi connectivity index (χ2v) is 8.88. The summed E-state index contributed by atoms with van der Waals surface area (Å²) in [6.07, 6.45) is 1.09. The molecule has 0 radical (unpaired) electrons. The van der Waals surface area contributed by atoms with Gasteiger partial charge in [0.25, 0.3) is 0 Å². The molecule has 0 aromatic carbocycles. The second-order valence-electron chi connectivity index (χ2n) is 4.46. The molecular weight excluding hydrogens is 224 g/mol. The van der Waals surface area contributed by atoms with Crippen LogP contribution in [0.4, 0.5) is 0 Å². The van der Waals surface area contributed by atoms with Gasteiger partial charge in [-0.2, -0.15) is 0 Å². The maximum absolute atomic E-state index is 5.54. The molecule has 0 rings (SSSR count). The van der Waals surface area contributed by atoms with Crippen LogP contribution in [-0.4, -0.2) is 55.6 Å². The Bertz CT molecular complexity index is 164. The van der Waals surface area contributed by atoms with Gasteiger partial charge in [0.05, 0.1) is 13.2 Å². The Morgan fingerprint density at radius 1 is 1.06 bits per heavy atom. The largest absolute Gasteiger partial charge is 0.420 e. The van der Waals surface area contributed by atoms with E-state index in [4.69, 9.17) is 18.6 Å². The van der Waals surface area contributed by atoms with E-state index in [2.05, 4.69) is 13.1 Å². The van der Waals surface area contributed by atoms with Gasteiger partial charge in [0.2, 0.25) is 0 Å². The third-order valence-electron chi connectivity index (χ3n) is 2.61. The zero-order valence-electron chi connectivity index (χ0n) is 11.2. The van der Waals surface area contributed by atoms with Crippen molar-refractivity contribution >= 4 is 8.32 Å². The van der Waals surface area contributed by atoms with E-state index in [1.807, 2.05) is 0 Å². The molecule has 16 heavy (non-hydrogen) atoms. The molecule has 0 bridgehead atoms. The van der Waals surface area contributed by atoms with Gasteiger partial charge < -0.3 is 18.6 Å². The van der Waals surface area contributed by atoms with Crippen LogP contribution in [-0.2, 0) is 18.6 Å². The topological polar surface area (TPSA) is 36.9 Å². The molecule has 0 spiro atoms. The average molecular weight is 250 g/mol. The molecule has 0 saturated heterocycles. The standard InChI is InChI=1S/C11H26O4Si/c1-12-9-11(13-2)10-15-7-6-8-16(4,5)14-3/h11H,6-10H2,1-5H3. The van der Waals surface area contributed by atoms with Gasteiger partial charge in [-0.25, -0.2) is 0 Å². The molecule has 98 valence electrons. The van der Waals surface area contributed by atoms with Crippen molar-refractivity contribution in [1.29, 1.82) is 0 Å². The van der Waals surface area contributed by atoms with Crippen molar-refractivity contribution < 1.29 is 18.6 Å². The summed E-state index contributed by atoms with van der Waals surface area (Å²) in [6.45, 7) is 6.38. The number of rotatable bonds is 10. The highest BCUT2D eigenvalue weighted by molar-refractivity contribution is 6.71. The monoisotopic (exact) mass is 250 g/mol. The molecule has 1 unspecified atom stereocenters. The lowest BCUT2D eigenvalue weighted by molar-refractivity contribution is -0.0302. The Kier molecular flexibility index (Phi) is 9.16. The fourth-order valence-corrected chi connectivity index (χ4v) is 2.49. The Hall–Kier alpha value is 0.0569. The van der Waals surface area contributed by atoms with Crippen LogP contribution in [0.1, 0.15) is 6.42 Å². The Morgan fingerprint density at radius 2 is 1.75 bits per heavy atom. The fraction of sp³-hybridized carbons (Fsp3) is 1.00. The number of methoxy groups -OCH3 is 2. The van der Waals surface area contributed by atoms with Crippen molar-refractivity contribution in [2.75, 3.05) is 41.2 Å². The van der Waals surface area contributed by atoms with Crippen LogP contribution in [0.2, 0.25) is 19.1 Å². The number of hydrogen-bond donors (Lipinski definition) is 0. The Labute approximate surface area is 100 Å². The Balaban J connectivity index is 3.45. The predicted molar refractivity (Wildman–Crippen MR) is 67.4 cm³/mol. The van der Waals surface area contributed by atoms with E-state index in [1.165, 1.54) is 0 Å². The van der Waals surface area contributed by atoms with Gasteiger partial charge in [-0.3, -0.25) is 0 Å². The lowest BCUT2D eigenvalue weighted by Gasteiger charge is -2.20. The summed E-state index contributed by atoms with van der Waals surface area (Å²) in [7, 11) is 3.72. The van der Waals surface area contributed by atoms with Gasteiger partial charge in [-0.1, -0.05) is 0 Å². The molecule has 0 aliphatic rings. The van der Waals surface area contributed by atoms with E-state index in [-0.39, 0.29) is 6.10 Å². The minimum Gasteiger partial charge on any atom is -0.420 e. The first-order chi connectivity index (χ1) is 7.55. The van der Waals surface area contributed by atoms with Gasteiger partial charge >= 0.3 is 0 Å². The van der Waals surface area contributed by atoms with E-state index in [0.29, 0.717) is 13.2 Å². The zero-order chi connectivity index (χ0) is 12.4. The zero-order valence-corrected chi connectivity index (χ0v) is 12.2. The Morgan fingerprint density at radius 3 is 2.25 bits per heavy atom. The lowest BCUT2D eigenvalue weighted by atomic mass is 10.4. The molecule has 0 amide bonds. The van der Waals surface area contributed by atoms with E-state index < -0.39 is 8.32 Å².